The Bertz CT molecular complexity index is 933. The third-order valence-corrected chi connectivity index (χ3v) is 4.57. The average molecular weight is 370 g/mol. The Morgan fingerprint density at radius 2 is 1.65 bits per heavy atom. The summed E-state index contributed by atoms with van der Waals surface area (Å²) in [5.74, 6) is 0.570. The highest BCUT2D eigenvalue weighted by atomic mass is 32.1. The van der Waals surface area contributed by atoms with Crippen molar-refractivity contribution in [2.75, 3.05) is 19.0 Å². The molecule has 0 fully saturated rings. The van der Waals surface area contributed by atoms with Gasteiger partial charge in [-0.2, -0.15) is 0 Å². The molecular formula is C19H22N4O2S. The molecule has 6 nitrogen and oxygen atoms in total. The number of anilines is 1. The van der Waals surface area contributed by atoms with E-state index < -0.39 is 0 Å². The van der Waals surface area contributed by atoms with Gasteiger partial charge in [0, 0.05) is 31.5 Å². The molecule has 136 valence electrons. The van der Waals surface area contributed by atoms with E-state index in [0.29, 0.717) is 16.5 Å². The van der Waals surface area contributed by atoms with Crippen molar-refractivity contribution in [1.29, 1.82) is 0 Å². The largest absolute Gasteiger partial charge is 0.508 e. The Morgan fingerprint density at radius 1 is 1.00 bits per heavy atom. The van der Waals surface area contributed by atoms with Gasteiger partial charge in [0.15, 0.2) is 11.0 Å². The Balaban J connectivity index is 2.16. The number of hydrogen-bond acceptors (Lipinski definition) is 6. The molecule has 2 N–H and O–H groups in total. The van der Waals surface area contributed by atoms with Crippen LogP contribution in [0.3, 0.4) is 0 Å². The lowest BCUT2D eigenvalue weighted by molar-refractivity contribution is 0.444. The minimum atomic E-state index is -0.0567. The summed E-state index contributed by atoms with van der Waals surface area (Å²) in [5, 5.41) is 29.1. The molecule has 1 aromatic heterocycles. The smallest absolute Gasteiger partial charge is 0.193 e. The van der Waals surface area contributed by atoms with E-state index >= 15 is 0 Å². The van der Waals surface area contributed by atoms with Gasteiger partial charge in [0.1, 0.15) is 11.5 Å². The van der Waals surface area contributed by atoms with Gasteiger partial charge in [-0.1, -0.05) is 13.8 Å². The van der Waals surface area contributed by atoms with E-state index in [0.717, 1.165) is 16.9 Å². The molecule has 0 radical (unpaired) electrons. The second-order valence-electron chi connectivity index (χ2n) is 6.65. The third-order valence-electron chi connectivity index (χ3n) is 4.28. The molecular weight excluding hydrogens is 348 g/mol. The van der Waals surface area contributed by atoms with Gasteiger partial charge < -0.3 is 15.1 Å². The van der Waals surface area contributed by atoms with Crippen molar-refractivity contribution in [1.82, 2.24) is 14.8 Å². The molecule has 0 saturated heterocycles. The van der Waals surface area contributed by atoms with Crippen LogP contribution in [0, 0.1) is 0 Å². The average Bonchev–Trinajstić information content (AvgIpc) is 2.96. The Hall–Kier alpha value is -2.67. The molecule has 3 aromatic rings. The van der Waals surface area contributed by atoms with Crippen molar-refractivity contribution in [3.05, 3.63) is 42.0 Å². The minimum absolute atomic E-state index is 0.0567. The monoisotopic (exact) mass is 370 g/mol. The fraction of sp³-hybridized carbons (Fsp3) is 0.263. The number of hydrogen-bond donors (Lipinski definition) is 3. The van der Waals surface area contributed by atoms with E-state index in [-0.39, 0.29) is 17.4 Å². The van der Waals surface area contributed by atoms with Gasteiger partial charge in [0.05, 0.1) is 5.56 Å². The molecule has 2 aromatic carbocycles. The maximum atomic E-state index is 10.4. The van der Waals surface area contributed by atoms with Crippen LogP contribution in [0.2, 0.25) is 0 Å². The maximum absolute atomic E-state index is 10.4. The summed E-state index contributed by atoms with van der Waals surface area (Å²) >= 11 is 4.42. The number of aromatic nitrogens is 3. The van der Waals surface area contributed by atoms with Crippen LogP contribution in [0.15, 0.2) is 41.6 Å². The van der Waals surface area contributed by atoms with Crippen LogP contribution >= 0.6 is 12.6 Å². The minimum Gasteiger partial charge on any atom is -0.508 e. The summed E-state index contributed by atoms with van der Waals surface area (Å²) in [6, 6.07) is 11.0. The van der Waals surface area contributed by atoms with Gasteiger partial charge in [0.25, 0.3) is 0 Å². The zero-order chi connectivity index (χ0) is 19.0. The first-order valence-electron chi connectivity index (χ1n) is 8.28. The van der Waals surface area contributed by atoms with Crippen molar-refractivity contribution < 1.29 is 10.2 Å². The van der Waals surface area contributed by atoms with Gasteiger partial charge in [-0.15, -0.1) is 22.8 Å². The molecule has 3 rings (SSSR count). The van der Waals surface area contributed by atoms with Crippen molar-refractivity contribution in [2.45, 2.75) is 24.9 Å². The maximum Gasteiger partial charge on any atom is 0.193 e. The van der Waals surface area contributed by atoms with E-state index in [2.05, 4.69) is 22.8 Å². The molecule has 0 aliphatic rings. The van der Waals surface area contributed by atoms with Crippen molar-refractivity contribution in [2.24, 2.45) is 0 Å². The lowest BCUT2D eigenvalue weighted by Gasteiger charge is -2.15. The predicted octanol–water partition coefficient (Wildman–Crippen LogP) is 3.82. The molecule has 0 aliphatic carbocycles. The van der Waals surface area contributed by atoms with Crippen molar-refractivity contribution >= 4 is 18.3 Å². The Kier molecular flexibility index (Phi) is 4.82. The van der Waals surface area contributed by atoms with Gasteiger partial charge in [-0.05, 0) is 41.8 Å². The number of aromatic hydroxyl groups is 2. The first kappa shape index (κ1) is 18.1. The fourth-order valence-electron chi connectivity index (χ4n) is 2.82. The summed E-state index contributed by atoms with van der Waals surface area (Å²) in [5.41, 5.74) is 3.13. The second kappa shape index (κ2) is 6.92. The van der Waals surface area contributed by atoms with E-state index in [1.165, 1.54) is 6.07 Å². The number of thiol groups is 1. The third kappa shape index (κ3) is 3.22. The van der Waals surface area contributed by atoms with E-state index in [9.17, 15) is 10.2 Å². The highest BCUT2D eigenvalue weighted by Crippen LogP contribution is 2.38. The summed E-state index contributed by atoms with van der Waals surface area (Å²) < 4.78 is 1.76. The Labute approximate surface area is 158 Å². The normalized spacial score (nSPS) is 11.2. The van der Waals surface area contributed by atoms with Crippen LogP contribution < -0.4 is 4.90 Å². The highest BCUT2D eigenvalue weighted by Gasteiger charge is 2.20. The van der Waals surface area contributed by atoms with Gasteiger partial charge in [-0.3, -0.25) is 4.57 Å². The number of nitrogens with zero attached hydrogens (tertiary/aromatic N) is 4. The highest BCUT2D eigenvalue weighted by molar-refractivity contribution is 7.80. The van der Waals surface area contributed by atoms with E-state index in [1.807, 2.05) is 57.1 Å². The molecule has 0 spiro atoms. The molecule has 0 saturated carbocycles. The van der Waals surface area contributed by atoms with Gasteiger partial charge >= 0.3 is 0 Å². The van der Waals surface area contributed by atoms with Gasteiger partial charge in [0.2, 0.25) is 0 Å². The van der Waals surface area contributed by atoms with Crippen LogP contribution in [0.25, 0.3) is 17.1 Å². The van der Waals surface area contributed by atoms with Crippen molar-refractivity contribution in [3.63, 3.8) is 0 Å². The quantitative estimate of drug-likeness (QED) is 0.609. The summed E-state index contributed by atoms with van der Waals surface area (Å²) in [4.78, 5) is 2.01. The SMILES string of the molecule is CC(C)c1cc(-c2nnc(S)n2-c2ccc(N(C)C)cc2)c(O)cc1O. The molecule has 7 heteroatoms. The molecule has 0 amide bonds. The molecule has 0 unspecified atom stereocenters. The summed E-state index contributed by atoms with van der Waals surface area (Å²) in [6.45, 7) is 3.95. The standard InChI is InChI=1S/C19H22N4O2S/c1-11(2)14-9-15(17(25)10-16(14)24)18-20-21-19(26)23(18)13-7-5-12(6-8-13)22(3)4/h5-11,24-25H,1-4H3,(H,21,26). The van der Waals surface area contributed by atoms with Gasteiger partial charge in [-0.25, -0.2) is 0 Å². The summed E-state index contributed by atoms with van der Waals surface area (Å²) in [7, 11) is 3.95. The fourth-order valence-corrected chi connectivity index (χ4v) is 3.08. The van der Waals surface area contributed by atoms with Crippen molar-refractivity contribution in [3.8, 4) is 28.6 Å². The van der Waals surface area contributed by atoms with Crippen LogP contribution in [-0.4, -0.2) is 39.1 Å². The number of rotatable bonds is 4. The van der Waals surface area contributed by atoms with Crippen LogP contribution in [0.1, 0.15) is 25.3 Å². The second-order valence-corrected chi connectivity index (χ2v) is 7.05. The molecule has 0 aliphatic heterocycles. The zero-order valence-corrected chi connectivity index (χ0v) is 16.1. The number of phenolic OH excluding ortho intramolecular Hbond substituents is 2. The number of benzene rings is 2. The first-order chi connectivity index (χ1) is 12.3. The van der Waals surface area contributed by atoms with Crippen LogP contribution in [0.4, 0.5) is 5.69 Å². The molecule has 0 atom stereocenters. The topological polar surface area (TPSA) is 74.4 Å². The predicted molar refractivity (Wildman–Crippen MR) is 106 cm³/mol. The van der Waals surface area contributed by atoms with Crippen LogP contribution in [-0.2, 0) is 0 Å². The lowest BCUT2D eigenvalue weighted by atomic mass is 9.98. The molecule has 26 heavy (non-hydrogen) atoms. The summed E-state index contributed by atoms with van der Waals surface area (Å²) in [6.07, 6.45) is 0. The number of phenols is 2. The Morgan fingerprint density at radius 3 is 2.23 bits per heavy atom. The zero-order valence-electron chi connectivity index (χ0n) is 15.2. The lowest BCUT2D eigenvalue weighted by Crippen LogP contribution is -2.08. The van der Waals surface area contributed by atoms with Crippen LogP contribution in [0.5, 0.6) is 11.5 Å². The molecule has 1 heterocycles. The molecule has 0 bridgehead atoms. The first-order valence-corrected chi connectivity index (χ1v) is 8.72. The van der Waals surface area contributed by atoms with E-state index in [1.54, 1.807) is 10.6 Å². The van der Waals surface area contributed by atoms with E-state index in [4.69, 9.17) is 0 Å².